The second-order valence-corrected chi connectivity index (χ2v) is 5.04. The number of rotatable bonds is 4. The van der Waals surface area contributed by atoms with E-state index in [2.05, 4.69) is 15.9 Å². The summed E-state index contributed by atoms with van der Waals surface area (Å²) in [5, 5.41) is 0.684. The summed E-state index contributed by atoms with van der Waals surface area (Å²) in [6.45, 7) is 4.19. The summed E-state index contributed by atoms with van der Waals surface area (Å²) in [5.41, 5.74) is 2.18. The molecule has 0 aromatic heterocycles. The van der Waals surface area contributed by atoms with E-state index in [-0.39, 0.29) is 10.8 Å². The molecule has 1 atom stereocenters. The number of carbonyl (C=O) groups excluding carboxylic acids is 1. The molecule has 0 heterocycles. The Labute approximate surface area is 109 Å². The van der Waals surface area contributed by atoms with Crippen LogP contribution in [0.3, 0.4) is 0 Å². The zero-order valence-electron chi connectivity index (χ0n) is 9.30. The fourth-order valence-corrected chi connectivity index (χ4v) is 2.04. The van der Waals surface area contributed by atoms with Crippen LogP contribution in [0, 0.1) is 6.92 Å². The van der Waals surface area contributed by atoms with E-state index in [9.17, 15) is 4.79 Å². The van der Waals surface area contributed by atoms with Gasteiger partial charge in [-0.15, -0.1) is 0 Å². The van der Waals surface area contributed by atoms with Crippen LogP contribution in [0.25, 0.3) is 0 Å². The molecule has 0 radical (unpaired) electrons. The average Bonchev–Trinajstić information content (AvgIpc) is 2.23. The molecule has 0 spiro atoms. The maximum Gasteiger partial charge on any atom is 0.320 e. The van der Waals surface area contributed by atoms with Gasteiger partial charge in [0.1, 0.15) is 4.83 Å². The third kappa shape index (κ3) is 3.80. The number of benzene rings is 1. The topological polar surface area (TPSA) is 26.3 Å². The lowest BCUT2D eigenvalue weighted by atomic mass is 10.0. The molecule has 0 aliphatic carbocycles. The van der Waals surface area contributed by atoms with Gasteiger partial charge in [0.25, 0.3) is 0 Å². The lowest BCUT2D eigenvalue weighted by Crippen LogP contribution is -2.20. The van der Waals surface area contributed by atoms with Crippen molar-refractivity contribution < 1.29 is 9.53 Å². The average molecular weight is 306 g/mol. The number of hydrogen-bond donors (Lipinski definition) is 0. The predicted octanol–water partition coefficient (Wildman–Crippen LogP) is 3.52. The normalized spacial score (nSPS) is 12.2. The number of halogens is 2. The summed E-state index contributed by atoms with van der Waals surface area (Å²) < 4.78 is 4.93. The molecule has 0 saturated carbocycles. The lowest BCUT2D eigenvalue weighted by Gasteiger charge is -2.11. The van der Waals surface area contributed by atoms with Gasteiger partial charge in [0, 0.05) is 5.02 Å². The minimum Gasteiger partial charge on any atom is -0.465 e. The smallest absolute Gasteiger partial charge is 0.320 e. The van der Waals surface area contributed by atoms with Crippen molar-refractivity contribution in [3.05, 3.63) is 34.3 Å². The molecule has 0 bridgehead atoms. The van der Waals surface area contributed by atoms with Crippen LogP contribution >= 0.6 is 27.5 Å². The highest BCUT2D eigenvalue weighted by atomic mass is 79.9. The molecule has 0 fully saturated rings. The Morgan fingerprint density at radius 1 is 1.56 bits per heavy atom. The second kappa shape index (κ2) is 6.26. The zero-order chi connectivity index (χ0) is 12.1. The number of esters is 1. The lowest BCUT2D eigenvalue weighted by molar-refractivity contribution is -0.142. The van der Waals surface area contributed by atoms with E-state index < -0.39 is 0 Å². The third-order valence-electron chi connectivity index (χ3n) is 2.25. The van der Waals surface area contributed by atoms with Gasteiger partial charge in [0.2, 0.25) is 0 Å². The third-order valence-corrected chi connectivity index (χ3v) is 3.19. The molecule has 2 nitrogen and oxygen atoms in total. The van der Waals surface area contributed by atoms with Crippen molar-refractivity contribution in [3.8, 4) is 0 Å². The fourth-order valence-electron chi connectivity index (χ4n) is 1.37. The number of alkyl halides is 1. The van der Waals surface area contributed by atoms with Crippen molar-refractivity contribution >= 4 is 33.5 Å². The Kier molecular flexibility index (Phi) is 5.29. The van der Waals surface area contributed by atoms with Crippen LogP contribution in [0.1, 0.15) is 18.1 Å². The minimum atomic E-state index is -0.315. The van der Waals surface area contributed by atoms with Crippen LogP contribution in [0.15, 0.2) is 18.2 Å². The van der Waals surface area contributed by atoms with Gasteiger partial charge in [0.15, 0.2) is 0 Å². The van der Waals surface area contributed by atoms with Gasteiger partial charge in [-0.1, -0.05) is 33.6 Å². The summed E-state index contributed by atoms with van der Waals surface area (Å²) in [4.78, 5) is 11.1. The highest BCUT2D eigenvalue weighted by molar-refractivity contribution is 9.10. The number of hydrogen-bond acceptors (Lipinski definition) is 2. The Balaban J connectivity index is 2.72. The van der Waals surface area contributed by atoms with Gasteiger partial charge in [0.05, 0.1) is 6.61 Å². The van der Waals surface area contributed by atoms with Crippen LogP contribution in [0.5, 0.6) is 0 Å². The summed E-state index contributed by atoms with van der Waals surface area (Å²) in [5.74, 6) is -0.234. The highest BCUT2D eigenvalue weighted by Crippen LogP contribution is 2.19. The van der Waals surface area contributed by atoms with E-state index in [1.165, 1.54) is 0 Å². The monoisotopic (exact) mass is 304 g/mol. The molecular weight excluding hydrogens is 291 g/mol. The Hall–Kier alpha value is -0.540. The first-order chi connectivity index (χ1) is 7.54. The van der Waals surface area contributed by atoms with Gasteiger partial charge >= 0.3 is 5.97 Å². The van der Waals surface area contributed by atoms with Crippen molar-refractivity contribution in [1.29, 1.82) is 0 Å². The van der Waals surface area contributed by atoms with E-state index in [4.69, 9.17) is 16.3 Å². The summed E-state index contributed by atoms with van der Waals surface area (Å²) in [7, 11) is 0. The van der Waals surface area contributed by atoms with E-state index in [1.807, 2.05) is 25.1 Å². The molecule has 16 heavy (non-hydrogen) atoms. The molecule has 4 heteroatoms. The molecule has 1 unspecified atom stereocenters. The van der Waals surface area contributed by atoms with E-state index in [1.54, 1.807) is 6.92 Å². The number of ether oxygens (including phenoxy) is 1. The van der Waals surface area contributed by atoms with Crippen LogP contribution in [-0.4, -0.2) is 17.4 Å². The largest absolute Gasteiger partial charge is 0.465 e. The van der Waals surface area contributed by atoms with Gasteiger partial charge in [-0.05, 0) is 43.5 Å². The van der Waals surface area contributed by atoms with E-state index in [0.29, 0.717) is 18.1 Å². The van der Waals surface area contributed by atoms with Crippen molar-refractivity contribution in [1.82, 2.24) is 0 Å². The first-order valence-electron chi connectivity index (χ1n) is 5.10. The molecular formula is C12H14BrClO2. The van der Waals surface area contributed by atoms with Gasteiger partial charge in [-0.2, -0.15) is 0 Å². The minimum absolute atomic E-state index is 0.234. The maximum absolute atomic E-state index is 11.4. The summed E-state index contributed by atoms with van der Waals surface area (Å²) in [6, 6.07) is 5.67. The van der Waals surface area contributed by atoms with Crippen molar-refractivity contribution in [3.63, 3.8) is 0 Å². The predicted molar refractivity (Wildman–Crippen MR) is 69.2 cm³/mol. The van der Waals surface area contributed by atoms with Gasteiger partial charge in [-0.3, -0.25) is 4.79 Å². The SMILES string of the molecule is CCOC(=O)C(Br)Cc1cc(Cl)ccc1C. The van der Waals surface area contributed by atoms with E-state index >= 15 is 0 Å². The molecule has 0 N–H and O–H groups in total. The molecule has 0 aliphatic rings. The molecule has 1 aromatic carbocycles. The van der Waals surface area contributed by atoms with E-state index in [0.717, 1.165) is 11.1 Å². The Bertz CT molecular complexity index is 379. The Morgan fingerprint density at radius 2 is 2.25 bits per heavy atom. The Morgan fingerprint density at radius 3 is 2.88 bits per heavy atom. The highest BCUT2D eigenvalue weighted by Gasteiger charge is 2.17. The quantitative estimate of drug-likeness (QED) is 0.628. The molecule has 1 rings (SSSR count). The van der Waals surface area contributed by atoms with Crippen molar-refractivity contribution in [2.45, 2.75) is 25.1 Å². The molecule has 0 amide bonds. The van der Waals surface area contributed by atoms with Crippen LogP contribution in [-0.2, 0) is 16.0 Å². The fraction of sp³-hybridized carbons (Fsp3) is 0.417. The maximum atomic E-state index is 11.4. The number of aryl methyl sites for hydroxylation is 1. The molecule has 1 aromatic rings. The second-order valence-electron chi connectivity index (χ2n) is 3.49. The number of carbonyl (C=O) groups is 1. The van der Waals surface area contributed by atoms with Gasteiger partial charge in [-0.25, -0.2) is 0 Å². The zero-order valence-corrected chi connectivity index (χ0v) is 11.6. The van der Waals surface area contributed by atoms with Crippen LogP contribution in [0.4, 0.5) is 0 Å². The first kappa shape index (κ1) is 13.5. The van der Waals surface area contributed by atoms with Crippen molar-refractivity contribution in [2.75, 3.05) is 6.61 Å². The van der Waals surface area contributed by atoms with Crippen LogP contribution in [0.2, 0.25) is 5.02 Å². The van der Waals surface area contributed by atoms with Crippen molar-refractivity contribution in [2.24, 2.45) is 0 Å². The van der Waals surface area contributed by atoms with Crippen LogP contribution < -0.4 is 0 Å². The molecule has 88 valence electrons. The molecule has 0 saturated heterocycles. The standard InChI is InChI=1S/C12H14BrClO2/c1-3-16-12(15)11(13)7-9-6-10(14)5-4-8(9)2/h4-6,11H,3,7H2,1-2H3. The summed E-state index contributed by atoms with van der Waals surface area (Å²) >= 11 is 9.23. The molecule has 0 aliphatic heterocycles. The van der Waals surface area contributed by atoms with Gasteiger partial charge < -0.3 is 4.74 Å². The first-order valence-corrected chi connectivity index (χ1v) is 6.39. The summed E-state index contributed by atoms with van der Waals surface area (Å²) in [6.07, 6.45) is 0.589.